The highest BCUT2D eigenvalue weighted by atomic mass is 32.1. The first kappa shape index (κ1) is 10.9. The molecular weight excluding hydrogens is 236 g/mol. The van der Waals surface area contributed by atoms with E-state index in [0.29, 0.717) is 11.7 Å². The van der Waals surface area contributed by atoms with E-state index in [4.69, 9.17) is 10.3 Å². The van der Waals surface area contributed by atoms with Crippen molar-refractivity contribution < 1.29 is 4.52 Å². The van der Waals surface area contributed by atoms with E-state index >= 15 is 0 Å². The average Bonchev–Trinajstić information content (AvgIpc) is 3.01. The van der Waals surface area contributed by atoms with Gasteiger partial charge in [0.2, 0.25) is 11.7 Å². The zero-order valence-corrected chi connectivity index (χ0v) is 10.4. The molecule has 0 amide bonds. The lowest BCUT2D eigenvalue weighted by Gasteiger charge is -2.23. The molecule has 2 atom stereocenters. The zero-order chi connectivity index (χ0) is 11.9. The molecule has 2 heterocycles. The third-order valence-corrected chi connectivity index (χ3v) is 4.37. The summed E-state index contributed by atoms with van der Waals surface area (Å²) in [4.78, 5) is 9.41. The molecule has 0 radical (unpaired) electrons. The first-order chi connectivity index (χ1) is 8.20. The minimum absolute atomic E-state index is 0.109. The van der Waals surface area contributed by atoms with Crippen molar-refractivity contribution in [1.29, 1.82) is 0 Å². The highest BCUT2D eigenvalue weighted by Gasteiger charge is 2.42. The van der Waals surface area contributed by atoms with E-state index in [1.54, 1.807) is 11.7 Å². The van der Waals surface area contributed by atoms with Crippen LogP contribution >= 0.6 is 11.3 Å². The average molecular weight is 250 g/mol. The largest absolute Gasteiger partial charge is 0.338 e. The third kappa shape index (κ3) is 1.68. The molecule has 1 saturated carbocycles. The summed E-state index contributed by atoms with van der Waals surface area (Å²) >= 11 is 1.50. The Kier molecular flexibility index (Phi) is 2.48. The Morgan fingerprint density at radius 1 is 1.59 bits per heavy atom. The SMILES string of the molecule is CC1(c2nc(-c3cncs3)no2)CCCC1N. The Morgan fingerprint density at radius 3 is 3.12 bits per heavy atom. The van der Waals surface area contributed by atoms with E-state index in [0.717, 1.165) is 24.1 Å². The van der Waals surface area contributed by atoms with Crippen LogP contribution in [-0.4, -0.2) is 21.2 Å². The summed E-state index contributed by atoms with van der Waals surface area (Å²) in [6.45, 7) is 2.11. The summed E-state index contributed by atoms with van der Waals surface area (Å²) in [6, 6.07) is 0.109. The van der Waals surface area contributed by atoms with E-state index in [-0.39, 0.29) is 11.5 Å². The number of nitrogens with zero attached hydrogens (tertiary/aromatic N) is 3. The van der Waals surface area contributed by atoms with Crippen molar-refractivity contribution in [3.05, 3.63) is 17.6 Å². The maximum absolute atomic E-state index is 6.14. The molecule has 17 heavy (non-hydrogen) atoms. The molecule has 0 saturated heterocycles. The monoisotopic (exact) mass is 250 g/mol. The van der Waals surface area contributed by atoms with Crippen LogP contribution in [0.2, 0.25) is 0 Å². The fraction of sp³-hybridized carbons (Fsp3) is 0.545. The molecule has 1 fully saturated rings. The van der Waals surface area contributed by atoms with Crippen molar-refractivity contribution in [2.45, 2.75) is 37.6 Å². The van der Waals surface area contributed by atoms with Crippen LogP contribution in [0.5, 0.6) is 0 Å². The van der Waals surface area contributed by atoms with Crippen molar-refractivity contribution in [3.8, 4) is 10.7 Å². The summed E-state index contributed by atoms with van der Waals surface area (Å²) in [6.07, 6.45) is 4.90. The molecule has 0 aromatic carbocycles. The fourth-order valence-corrected chi connectivity index (χ4v) is 2.89. The Hall–Kier alpha value is -1.27. The Morgan fingerprint density at radius 2 is 2.47 bits per heavy atom. The summed E-state index contributed by atoms with van der Waals surface area (Å²) in [7, 11) is 0. The normalized spacial score (nSPS) is 28.7. The van der Waals surface area contributed by atoms with E-state index < -0.39 is 0 Å². The van der Waals surface area contributed by atoms with Gasteiger partial charge in [-0.15, -0.1) is 11.3 Å². The molecule has 1 aliphatic carbocycles. The third-order valence-electron chi connectivity index (χ3n) is 3.60. The molecule has 0 bridgehead atoms. The van der Waals surface area contributed by atoms with Gasteiger partial charge in [0.15, 0.2) is 0 Å². The molecule has 5 nitrogen and oxygen atoms in total. The minimum atomic E-state index is -0.171. The highest BCUT2D eigenvalue weighted by molar-refractivity contribution is 7.13. The van der Waals surface area contributed by atoms with Crippen LogP contribution < -0.4 is 5.73 Å². The molecule has 2 unspecified atom stereocenters. The maximum Gasteiger partial charge on any atom is 0.234 e. The van der Waals surface area contributed by atoms with Gasteiger partial charge in [0.1, 0.15) is 0 Å². The molecule has 0 spiro atoms. The molecule has 2 aromatic rings. The van der Waals surface area contributed by atoms with Gasteiger partial charge < -0.3 is 10.3 Å². The number of rotatable bonds is 2. The van der Waals surface area contributed by atoms with Crippen molar-refractivity contribution in [1.82, 2.24) is 15.1 Å². The van der Waals surface area contributed by atoms with Crippen molar-refractivity contribution in [2.24, 2.45) is 5.73 Å². The molecule has 0 aliphatic heterocycles. The highest BCUT2D eigenvalue weighted by Crippen LogP contribution is 2.39. The van der Waals surface area contributed by atoms with Gasteiger partial charge in [0, 0.05) is 12.2 Å². The standard InChI is InChI=1S/C11H14N4OS/c1-11(4-2-3-8(11)12)10-14-9(15-16-10)7-5-13-6-17-7/h5-6,8H,2-4,12H2,1H3. The van der Waals surface area contributed by atoms with E-state index in [2.05, 4.69) is 22.0 Å². The van der Waals surface area contributed by atoms with Gasteiger partial charge in [0.25, 0.3) is 0 Å². The molecule has 2 N–H and O–H groups in total. The lowest BCUT2D eigenvalue weighted by atomic mass is 9.85. The Bertz CT molecular complexity index is 509. The zero-order valence-electron chi connectivity index (χ0n) is 9.59. The van der Waals surface area contributed by atoms with E-state index in [9.17, 15) is 0 Å². The second-order valence-corrected chi connectivity index (χ2v) is 5.59. The number of nitrogens with two attached hydrogens (primary N) is 1. The predicted octanol–water partition coefficient (Wildman–Crippen LogP) is 1.96. The predicted molar refractivity (Wildman–Crippen MR) is 64.6 cm³/mol. The van der Waals surface area contributed by atoms with Crippen LogP contribution in [0.1, 0.15) is 32.1 Å². The van der Waals surface area contributed by atoms with Gasteiger partial charge in [-0.1, -0.05) is 11.6 Å². The second-order valence-electron chi connectivity index (χ2n) is 4.71. The quantitative estimate of drug-likeness (QED) is 0.881. The lowest BCUT2D eigenvalue weighted by Crippen LogP contribution is -2.38. The first-order valence-corrected chi connectivity index (χ1v) is 6.57. The molecule has 2 aromatic heterocycles. The first-order valence-electron chi connectivity index (χ1n) is 5.69. The van der Waals surface area contributed by atoms with Crippen LogP contribution in [0.4, 0.5) is 0 Å². The summed E-state index contributed by atoms with van der Waals surface area (Å²) in [5.41, 5.74) is 7.72. The van der Waals surface area contributed by atoms with Gasteiger partial charge in [-0.25, -0.2) is 0 Å². The van der Waals surface area contributed by atoms with Crippen LogP contribution in [0.25, 0.3) is 10.7 Å². The topological polar surface area (TPSA) is 77.8 Å². The number of aromatic nitrogens is 3. The van der Waals surface area contributed by atoms with Crippen LogP contribution in [0.15, 0.2) is 16.2 Å². The lowest BCUT2D eigenvalue weighted by molar-refractivity contribution is 0.278. The number of hydrogen-bond donors (Lipinski definition) is 1. The van der Waals surface area contributed by atoms with E-state index in [1.165, 1.54) is 11.3 Å². The van der Waals surface area contributed by atoms with Crippen LogP contribution in [-0.2, 0) is 5.41 Å². The minimum Gasteiger partial charge on any atom is -0.338 e. The summed E-state index contributed by atoms with van der Waals surface area (Å²) < 4.78 is 5.38. The molecule has 1 aliphatic rings. The Balaban J connectivity index is 1.95. The maximum atomic E-state index is 6.14. The fourth-order valence-electron chi connectivity index (χ4n) is 2.34. The summed E-state index contributed by atoms with van der Waals surface area (Å²) in [5.74, 6) is 1.27. The van der Waals surface area contributed by atoms with Crippen molar-refractivity contribution >= 4 is 11.3 Å². The molecule has 6 heteroatoms. The molecule has 90 valence electrons. The second kappa shape index (κ2) is 3.89. The van der Waals surface area contributed by atoms with E-state index in [1.807, 2.05) is 0 Å². The van der Waals surface area contributed by atoms with Gasteiger partial charge in [-0.3, -0.25) is 4.98 Å². The van der Waals surface area contributed by atoms with Gasteiger partial charge >= 0.3 is 0 Å². The van der Waals surface area contributed by atoms with Gasteiger partial charge in [-0.05, 0) is 19.8 Å². The summed E-state index contributed by atoms with van der Waals surface area (Å²) in [5, 5.41) is 4.01. The Labute approximate surface area is 103 Å². The van der Waals surface area contributed by atoms with Crippen molar-refractivity contribution in [3.63, 3.8) is 0 Å². The van der Waals surface area contributed by atoms with Gasteiger partial charge in [-0.2, -0.15) is 4.98 Å². The van der Waals surface area contributed by atoms with Crippen LogP contribution in [0, 0.1) is 0 Å². The van der Waals surface area contributed by atoms with Crippen molar-refractivity contribution in [2.75, 3.05) is 0 Å². The van der Waals surface area contributed by atoms with Crippen LogP contribution in [0.3, 0.4) is 0 Å². The molecule has 3 rings (SSSR count). The smallest absolute Gasteiger partial charge is 0.234 e. The number of thiazole rings is 1. The van der Waals surface area contributed by atoms with Gasteiger partial charge in [0.05, 0.1) is 15.8 Å². The number of hydrogen-bond acceptors (Lipinski definition) is 6. The molecular formula is C11H14N4OS.